The summed E-state index contributed by atoms with van der Waals surface area (Å²) in [5.74, 6) is 0.426. The van der Waals surface area contributed by atoms with Gasteiger partial charge in [-0.15, -0.1) is 11.8 Å². The third-order valence-corrected chi connectivity index (χ3v) is 4.72. The molecule has 0 aliphatic heterocycles. The highest BCUT2D eigenvalue weighted by Gasteiger charge is 2.09. The summed E-state index contributed by atoms with van der Waals surface area (Å²) in [7, 11) is 1.53. The van der Waals surface area contributed by atoms with Gasteiger partial charge in [0.25, 0.3) is 0 Å². The standard InChI is InChI=1S/C17H16Cl2N2O3S/c1-24-15-5-3-2-4-14(15)21-17(23)10-25-9-16(22)20-11-6-7-12(18)13(19)8-11/h2-8H,9-10H2,1H3,(H,20,22)(H,21,23). The molecule has 0 saturated carbocycles. The number of ether oxygens (including phenoxy) is 1. The first-order chi connectivity index (χ1) is 12.0. The molecule has 0 spiro atoms. The molecule has 0 aliphatic rings. The quantitative estimate of drug-likeness (QED) is 0.728. The molecular formula is C17H16Cl2N2O3S. The molecule has 2 N–H and O–H groups in total. The van der Waals surface area contributed by atoms with Crippen LogP contribution in [0.4, 0.5) is 11.4 Å². The van der Waals surface area contributed by atoms with Gasteiger partial charge in [0, 0.05) is 5.69 Å². The Labute approximate surface area is 160 Å². The van der Waals surface area contributed by atoms with Crippen LogP contribution in [0.1, 0.15) is 0 Å². The monoisotopic (exact) mass is 398 g/mol. The molecule has 0 atom stereocenters. The highest BCUT2D eigenvalue weighted by Crippen LogP contribution is 2.25. The number of amides is 2. The number of thioether (sulfide) groups is 1. The number of carbonyl (C=O) groups excluding carboxylic acids is 2. The van der Waals surface area contributed by atoms with E-state index in [0.29, 0.717) is 27.2 Å². The van der Waals surface area contributed by atoms with Gasteiger partial charge in [-0.2, -0.15) is 0 Å². The van der Waals surface area contributed by atoms with Crippen molar-refractivity contribution in [1.82, 2.24) is 0 Å². The third kappa shape index (κ3) is 6.16. The van der Waals surface area contributed by atoms with E-state index in [4.69, 9.17) is 27.9 Å². The highest BCUT2D eigenvalue weighted by molar-refractivity contribution is 8.00. The predicted octanol–water partition coefficient (Wildman–Crippen LogP) is 4.31. The van der Waals surface area contributed by atoms with Gasteiger partial charge in [0.05, 0.1) is 34.3 Å². The highest BCUT2D eigenvalue weighted by atomic mass is 35.5. The molecule has 25 heavy (non-hydrogen) atoms. The summed E-state index contributed by atoms with van der Waals surface area (Å²) in [6, 6.07) is 12.0. The van der Waals surface area contributed by atoms with E-state index in [1.165, 1.54) is 18.9 Å². The summed E-state index contributed by atoms with van der Waals surface area (Å²) in [5, 5.41) is 6.23. The number of para-hydroxylation sites is 2. The Morgan fingerprint density at radius 2 is 1.68 bits per heavy atom. The molecule has 2 amide bonds. The topological polar surface area (TPSA) is 67.4 Å². The predicted molar refractivity (Wildman–Crippen MR) is 104 cm³/mol. The van der Waals surface area contributed by atoms with Crippen LogP contribution in [0.5, 0.6) is 5.75 Å². The van der Waals surface area contributed by atoms with Crippen LogP contribution in [0, 0.1) is 0 Å². The first kappa shape index (κ1) is 19.4. The maximum Gasteiger partial charge on any atom is 0.234 e. The minimum absolute atomic E-state index is 0.138. The van der Waals surface area contributed by atoms with Gasteiger partial charge < -0.3 is 15.4 Å². The van der Waals surface area contributed by atoms with E-state index in [2.05, 4.69) is 10.6 Å². The second-order valence-corrected chi connectivity index (χ2v) is 6.72. The molecular weight excluding hydrogens is 383 g/mol. The Bertz CT molecular complexity index is 771. The molecule has 5 nitrogen and oxygen atoms in total. The fourth-order valence-corrected chi connectivity index (χ4v) is 2.86. The van der Waals surface area contributed by atoms with Crippen LogP contribution in [-0.2, 0) is 9.59 Å². The summed E-state index contributed by atoms with van der Waals surface area (Å²) in [4.78, 5) is 23.8. The van der Waals surface area contributed by atoms with Gasteiger partial charge in [-0.05, 0) is 30.3 Å². The molecule has 0 heterocycles. The molecule has 132 valence electrons. The Morgan fingerprint density at radius 1 is 1.00 bits per heavy atom. The number of methoxy groups -OCH3 is 1. The third-order valence-electron chi connectivity index (χ3n) is 3.05. The van der Waals surface area contributed by atoms with Crippen molar-refractivity contribution in [2.45, 2.75) is 0 Å². The number of benzene rings is 2. The summed E-state index contributed by atoms with van der Waals surface area (Å²) in [5.41, 5.74) is 1.15. The van der Waals surface area contributed by atoms with Crippen molar-refractivity contribution < 1.29 is 14.3 Å². The first-order valence-electron chi connectivity index (χ1n) is 7.25. The number of nitrogens with one attached hydrogen (secondary N) is 2. The lowest BCUT2D eigenvalue weighted by Gasteiger charge is -2.09. The van der Waals surface area contributed by atoms with E-state index in [9.17, 15) is 9.59 Å². The fourth-order valence-electron chi connectivity index (χ4n) is 1.94. The SMILES string of the molecule is COc1ccccc1NC(=O)CSCC(=O)Nc1ccc(Cl)c(Cl)c1. The van der Waals surface area contributed by atoms with E-state index in [1.54, 1.807) is 36.4 Å². The van der Waals surface area contributed by atoms with E-state index < -0.39 is 0 Å². The van der Waals surface area contributed by atoms with E-state index in [0.717, 1.165) is 0 Å². The van der Waals surface area contributed by atoms with Gasteiger partial charge >= 0.3 is 0 Å². The summed E-state index contributed by atoms with van der Waals surface area (Å²) in [6.45, 7) is 0. The van der Waals surface area contributed by atoms with Gasteiger partial charge in [-0.25, -0.2) is 0 Å². The van der Waals surface area contributed by atoms with Crippen molar-refractivity contribution in [3.8, 4) is 5.75 Å². The summed E-state index contributed by atoms with van der Waals surface area (Å²) >= 11 is 12.9. The van der Waals surface area contributed by atoms with Crippen LogP contribution in [0.3, 0.4) is 0 Å². The lowest BCUT2D eigenvalue weighted by molar-refractivity contribution is -0.114. The number of halogens is 2. The number of hydrogen-bond donors (Lipinski definition) is 2. The maximum absolute atomic E-state index is 12.0. The van der Waals surface area contributed by atoms with Crippen molar-refractivity contribution in [3.63, 3.8) is 0 Å². The Morgan fingerprint density at radius 3 is 2.36 bits per heavy atom. The Kier molecular flexibility index (Phi) is 7.43. The minimum atomic E-state index is -0.228. The van der Waals surface area contributed by atoms with Gasteiger partial charge in [-0.3, -0.25) is 9.59 Å². The molecule has 2 aromatic rings. The van der Waals surface area contributed by atoms with Crippen molar-refractivity contribution in [1.29, 1.82) is 0 Å². The summed E-state index contributed by atoms with van der Waals surface area (Å²) < 4.78 is 5.17. The first-order valence-corrected chi connectivity index (χ1v) is 9.16. The summed E-state index contributed by atoms with van der Waals surface area (Å²) in [6.07, 6.45) is 0. The second-order valence-electron chi connectivity index (χ2n) is 4.92. The lowest BCUT2D eigenvalue weighted by atomic mass is 10.3. The van der Waals surface area contributed by atoms with Gasteiger partial charge in [-0.1, -0.05) is 35.3 Å². The molecule has 2 rings (SSSR count). The van der Waals surface area contributed by atoms with Gasteiger partial charge in [0.1, 0.15) is 5.75 Å². The molecule has 0 aliphatic carbocycles. The van der Waals surface area contributed by atoms with Crippen molar-refractivity contribution >= 4 is 58.2 Å². The van der Waals surface area contributed by atoms with Crippen LogP contribution >= 0.6 is 35.0 Å². The minimum Gasteiger partial charge on any atom is -0.495 e. The molecule has 0 unspecified atom stereocenters. The lowest BCUT2D eigenvalue weighted by Crippen LogP contribution is -2.18. The molecule has 2 aromatic carbocycles. The zero-order valence-corrected chi connectivity index (χ0v) is 15.7. The zero-order chi connectivity index (χ0) is 18.2. The average Bonchev–Trinajstić information content (AvgIpc) is 2.58. The van der Waals surface area contributed by atoms with Crippen LogP contribution in [0.2, 0.25) is 10.0 Å². The largest absolute Gasteiger partial charge is 0.495 e. The zero-order valence-electron chi connectivity index (χ0n) is 13.3. The van der Waals surface area contributed by atoms with E-state index in [1.807, 2.05) is 6.07 Å². The molecule has 0 aromatic heterocycles. The average molecular weight is 399 g/mol. The molecule has 0 fully saturated rings. The van der Waals surface area contributed by atoms with Crippen LogP contribution in [0.25, 0.3) is 0 Å². The van der Waals surface area contributed by atoms with Crippen molar-refractivity contribution in [3.05, 3.63) is 52.5 Å². The Balaban J connectivity index is 1.76. The van der Waals surface area contributed by atoms with E-state index in [-0.39, 0.29) is 23.3 Å². The normalized spacial score (nSPS) is 10.2. The molecule has 0 bridgehead atoms. The Hall–Kier alpha value is -1.89. The van der Waals surface area contributed by atoms with Gasteiger partial charge in [0.2, 0.25) is 11.8 Å². The molecule has 0 radical (unpaired) electrons. The maximum atomic E-state index is 12.0. The van der Waals surface area contributed by atoms with E-state index >= 15 is 0 Å². The number of hydrogen-bond acceptors (Lipinski definition) is 4. The molecule has 8 heteroatoms. The van der Waals surface area contributed by atoms with Crippen LogP contribution in [0.15, 0.2) is 42.5 Å². The second kappa shape index (κ2) is 9.56. The fraction of sp³-hybridized carbons (Fsp3) is 0.176. The van der Waals surface area contributed by atoms with Crippen molar-refractivity contribution in [2.24, 2.45) is 0 Å². The van der Waals surface area contributed by atoms with Crippen LogP contribution in [-0.4, -0.2) is 30.4 Å². The molecule has 0 saturated heterocycles. The number of carbonyl (C=O) groups is 2. The number of rotatable bonds is 7. The van der Waals surface area contributed by atoms with Gasteiger partial charge in [0.15, 0.2) is 0 Å². The smallest absolute Gasteiger partial charge is 0.234 e. The van der Waals surface area contributed by atoms with Crippen molar-refractivity contribution in [2.75, 3.05) is 29.2 Å². The number of anilines is 2. The van der Waals surface area contributed by atoms with Crippen LogP contribution < -0.4 is 15.4 Å².